The molecule has 0 atom stereocenters. The molecule has 19 heavy (non-hydrogen) atoms. The molecule has 0 spiro atoms. The van der Waals surface area contributed by atoms with E-state index in [1.807, 2.05) is 0 Å². The number of esters is 1. The summed E-state index contributed by atoms with van der Waals surface area (Å²) >= 11 is 0. The fraction of sp³-hybridized carbons (Fsp3) is 0.571. The number of rotatable bonds is 5. The van der Waals surface area contributed by atoms with Crippen molar-refractivity contribution in [2.75, 3.05) is 6.61 Å². The van der Waals surface area contributed by atoms with Crippen molar-refractivity contribution in [3.63, 3.8) is 0 Å². The highest BCUT2D eigenvalue weighted by Gasteiger charge is 2.22. The third-order valence-corrected chi connectivity index (χ3v) is 3.30. The molecule has 5 heteroatoms. The minimum Gasteiger partial charge on any atom is -0.460 e. The molecule has 0 unspecified atom stereocenters. The Balaban J connectivity index is 1.82. The Morgan fingerprint density at radius 3 is 2.79 bits per heavy atom. The molecule has 1 amide bonds. The zero-order chi connectivity index (χ0) is 13.7. The summed E-state index contributed by atoms with van der Waals surface area (Å²) in [6.07, 6.45) is 4.20. The van der Waals surface area contributed by atoms with Gasteiger partial charge in [-0.05, 0) is 31.9 Å². The van der Waals surface area contributed by atoms with Crippen molar-refractivity contribution in [2.45, 2.75) is 39.2 Å². The fourth-order valence-electron chi connectivity index (χ4n) is 2.29. The molecule has 104 valence electrons. The molecule has 1 N–H and O–H groups in total. The molecular formula is C14H19NO4. The van der Waals surface area contributed by atoms with Crippen LogP contribution in [0.5, 0.6) is 0 Å². The SMILES string of the molecule is CCOC(=O)c1ccc(CNC(=O)C2CCCC2)o1. The second kappa shape index (κ2) is 6.41. The summed E-state index contributed by atoms with van der Waals surface area (Å²) in [5, 5.41) is 2.84. The molecule has 1 saturated carbocycles. The summed E-state index contributed by atoms with van der Waals surface area (Å²) in [5.74, 6) is 0.475. The number of amides is 1. The van der Waals surface area contributed by atoms with Crippen LogP contribution in [0, 0.1) is 5.92 Å². The summed E-state index contributed by atoms with van der Waals surface area (Å²) in [5.41, 5.74) is 0. The van der Waals surface area contributed by atoms with E-state index in [0.29, 0.717) is 18.9 Å². The van der Waals surface area contributed by atoms with E-state index in [0.717, 1.165) is 25.7 Å². The van der Waals surface area contributed by atoms with Gasteiger partial charge >= 0.3 is 5.97 Å². The number of hydrogen-bond donors (Lipinski definition) is 1. The smallest absolute Gasteiger partial charge is 0.374 e. The molecule has 0 saturated heterocycles. The molecular weight excluding hydrogens is 246 g/mol. The molecule has 0 aliphatic heterocycles. The normalized spacial score (nSPS) is 15.4. The van der Waals surface area contributed by atoms with Gasteiger partial charge in [0, 0.05) is 5.92 Å². The summed E-state index contributed by atoms with van der Waals surface area (Å²) < 4.78 is 10.1. The first-order chi connectivity index (χ1) is 9.20. The summed E-state index contributed by atoms with van der Waals surface area (Å²) in [7, 11) is 0. The van der Waals surface area contributed by atoms with Crippen molar-refractivity contribution in [3.05, 3.63) is 23.7 Å². The number of hydrogen-bond acceptors (Lipinski definition) is 4. The van der Waals surface area contributed by atoms with Gasteiger partial charge in [-0.3, -0.25) is 4.79 Å². The Bertz CT molecular complexity index is 446. The van der Waals surface area contributed by atoms with Crippen LogP contribution in [-0.2, 0) is 16.1 Å². The van der Waals surface area contributed by atoms with Gasteiger partial charge in [-0.15, -0.1) is 0 Å². The Morgan fingerprint density at radius 2 is 2.11 bits per heavy atom. The highest BCUT2D eigenvalue weighted by Crippen LogP contribution is 2.24. The van der Waals surface area contributed by atoms with Gasteiger partial charge in [0.25, 0.3) is 0 Å². The van der Waals surface area contributed by atoms with E-state index in [9.17, 15) is 9.59 Å². The molecule has 5 nitrogen and oxygen atoms in total. The summed E-state index contributed by atoms with van der Waals surface area (Å²) in [6, 6.07) is 3.25. The van der Waals surface area contributed by atoms with E-state index >= 15 is 0 Å². The lowest BCUT2D eigenvalue weighted by Crippen LogP contribution is -2.28. The van der Waals surface area contributed by atoms with Crippen molar-refractivity contribution < 1.29 is 18.7 Å². The van der Waals surface area contributed by atoms with E-state index in [1.165, 1.54) is 0 Å². The van der Waals surface area contributed by atoms with Crippen LogP contribution in [0.15, 0.2) is 16.5 Å². The van der Waals surface area contributed by atoms with Crippen LogP contribution < -0.4 is 5.32 Å². The second-order valence-electron chi connectivity index (χ2n) is 4.69. The van der Waals surface area contributed by atoms with E-state index in [1.54, 1.807) is 19.1 Å². The third-order valence-electron chi connectivity index (χ3n) is 3.30. The summed E-state index contributed by atoms with van der Waals surface area (Å²) in [6.45, 7) is 2.37. The number of carbonyl (C=O) groups is 2. The van der Waals surface area contributed by atoms with Crippen LogP contribution in [-0.4, -0.2) is 18.5 Å². The van der Waals surface area contributed by atoms with Crippen molar-refractivity contribution in [2.24, 2.45) is 5.92 Å². The van der Waals surface area contributed by atoms with Gasteiger partial charge in [-0.1, -0.05) is 12.8 Å². The maximum atomic E-state index is 11.8. The average molecular weight is 265 g/mol. The maximum Gasteiger partial charge on any atom is 0.374 e. The van der Waals surface area contributed by atoms with Gasteiger partial charge in [0.05, 0.1) is 13.2 Å². The van der Waals surface area contributed by atoms with Gasteiger partial charge in [-0.2, -0.15) is 0 Å². The highest BCUT2D eigenvalue weighted by molar-refractivity contribution is 5.86. The Kier molecular flexibility index (Phi) is 4.60. The third kappa shape index (κ3) is 3.59. The van der Waals surface area contributed by atoms with Crippen molar-refractivity contribution in [1.29, 1.82) is 0 Å². The van der Waals surface area contributed by atoms with E-state index in [-0.39, 0.29) is 17.6 Å². The van der Waals surface area contributed by atoms with Crippen LogP contribution in [0.3, 0.4) is 0 Å². The highest BCUT2D eigenvalue weighted by atomic mass is 16.5. The maximum absolute atomic E-state index is 11.8. The lowest BCUT2D eigenvalue weighted by Gasteiger charge is -2.08. The minimum atomic E-state index is -0.476. The van der Waals surface area contributed by atoms with E-state index in [4.69, 9.17) is 9.15 Å². The topological polar surface area (TPSA) is 68.5 Å². The molecule has 1 aliphatic carbocycles. The van der Waals surface area contributed by atoms with Crippen LogP contribution in [0.1, 0.15) is 48.9 Å². The first-order valence-electron chi connectivity index (χ1n) is 6.74. The van der Waals surface area contributed by atoms with Crippen LogP contribution in [0.2, 0.25) is 0 Å². The van der Waals surface area contributed by atoms with E-state index in [2.05, 4.69) is 5.32 Å². The van der Waals surface area contributed by atoms with Crippen molar-refractivity contribution in [1.82, 2.24) is 5.32 Å². The summed E-state index contributed by atoms with van der Waals surface area (Å²) in [4.78, 5) is 23.2. The van der Waals surface area contributed by atoms with Crippen LogP contribution >= 0.6 is 0 Å². The zero-order valence-electron chi connectivity index (χ0n) is 11.1. The molecule has 1 aliphatic rings. The average Bonchev–Trinajstić information content (AvgIpc) is 3.07. The molecule has 1 aromatic heterocycles. The Labute approximate surface area is 112 Å². The number of nitrogens with one attached hydrogen (secondary N) is 1. The van der Waals surface area contributed by atoms with E-state index < -0.39 is 5.97 Å². The molecule has 0 radical (unpaired) electrons. The molecule has 2 rings (SSSR count). The number of furan rings is 1. The molecule has 1 fully saturated rings. The standard InChI is InChI=1S/C14H19NO4/c1-2-18-14(17)12-8-7-11(19-12)9-15-13(16)10-5-3-4-6-10/h7-8,10H,2-6,9H2,1H3,(H,15,16). The first-order valence-corrected chi connectivity index (χ1v) is 6.74. The minimum absolute atomic E-state index is 0.0755. The lowest BCUT2D eigenvalue weighted by atomic mass is 10.1. The second-order valence-corrected chi connectivity index (χ2v) is 4.69. The van der Waals surface area contributed by atoms with Crippen LogP contribution in [0.4, 0.5) is 0 Å². The van der Waals surface area contributed by atoms with Crippen LogP contribution in [0.25, 0.3) is 0 Å². The lowest BCUT2D eigenvalue weighted by molar-refractivity contribution is -0.125. The quantitative estimate of drug-likeness (QED) is 0.829. The first kappa shape index (κ1) is 13.6. The fourth-order valence-corrected chi connectivity index (χ4v) is 2.29. The van der Waals surface area contributed by atoms with Crippen molar-refractivity contribution >= 4 is 11.9 Å². The zero-order valence-corrected chi connectivity index (χ0v) is 11.1. The van der Waals surface area contributed by atoms with Crippen molar-refractivity contribution in [3.8, 4) is 0 Å². The monoisotopic (exact) mass is 265 g/mol. The molecule has 1 aromatic rings. The van der Waals surface area contributed by atoms with Gasteiger partial charge in [-0.25, -0.2) is 4.79 Å². The number of carbonyl (C=O) groups excluding carboxylic acids is 2. The van der Waals surface area contributed by atoms with Gasteiger partial charge in [0.2, 0.25) is 11.7 Å². The predicted molar refractivity (Wildman–Crippen MR) is 68.5 cm³/mol. The van der Waals surface area contributed by atoms with Gasteiger partial charge in [0.1, 0.15) is 5.76 Å². The Morgan fingerprint density at radius 1 is 1.37 bits per heavy atom. The predicted octanol–water partition coefficient (Wildman–Crippen LogP) is 2.26. The van der Waals surface area contributed by atoms with Gasteiger partial charge < -0.3 is 14.5 Å². The molecule has 0 aromatic carbocycles. The number of ether oxygens (including phenoxy) is 1. The Hall–Kier alpha value is -1.78. The molecule has 0 bridgehead atoms. The molecule has 1 heterocycles. The largest absolute Gasteiger partial charge is 0.460 e. The van der Waals surface area contributed by atoms with Gasteiger partial charge in [0.15, 0.2) is 0 Å².